The summed E-state index contributed by atoms with van der Waals surface area (Å²) in [6.07, 6.45) is 7.15. The van der Waals surface area contributed by atoms with Crippen LogP contribution < -0.4 is 9.64 Å². The number of fused-ring (bicyclic) bond motifs is 1. The minimum atomic E-state index is -0.201. The molecule has 2 heterocycles. The molecule has 0 radical (unpaired) electrons. The summed E-state index contributed by atoms with van der Waals surface area (Å²) in [5.41, 5.74) is 2.06. The molecular formula is C22H21N3O3. The fourth-order valence-electron chi connectivity index (χ4n) is 3.29. The lowest BCUT2D eigenvalue weighted by atomic mass is 10.1. The van der Waals surface area contributed by atoms with Crippen LogP contribution in [0.25, 0.3) is 0 Å². The molecule has 0 fully saturated rings. The second-order valence-electron chi connectivity index (χ2n) is 6.64. The standard InChI is InChI=1S/C22H21N3O3/c26-21-19-6-1-2-7-20(19)22(27)25(21)14-3-4-15-28-18-10-8-17(9-11-18)24-13-5-12-23-16-24/h1-2,5-13H,3-4,14-16H2. The van der Waals surface area contributed by atoms with Crippen molar-refractivity contribution >= 4 is 23.7 Å². The second kappa shape index (κ2) is 8.08. The van der Waals surface area contributed by atoms with E-state index in [0.717, 1.165) is 17.9 Å². The third kappa shape index (κ3) is 3.67. The van der Waals surface area contributed by atoms with Gasteiger partial charge in [0.1, 0.15) is 12.4 Å². The zero-order valence-electron chi connectivity index (χ0n) is 15.5. The van der Waals surface area contributed by atoms with Gasteiger partial charge in [-0.15, -0.1) is 0 Å². The van der Waals surface area contributed by atoms with Crippen molar-refractivity contribution in [2.45, 2.75) is 12.8 Å². The highest BCUT2D eigenvalue weighted by molar-refractivity contribution is 6.21. The fraction of sp³-hybridized carbons (Fsp3) is 0.227. The zero-order chi connectivity index (χ0) is 19.3. The molecule has 6 nitrogen and oxygen atoms in total. The van der Waals surface area contributed by atoms with E-state index in [9.17, 15) is 9.59 Å². The van der Waals surface area contributed by atoms with E-state index in [1.54, 1.807) is 30.5 Å². The van der Waals surface area contributed by atoms with Gasteiger partial charge in [-0.2, -0.15) is 0 Å². The van der Waals surface area contributed by atoms with Crippen LogP contribution in [-0.2, 0) is 0 Å². The van der Waals surface area contributed by atoms with Gasteiger partial charge in [0, 0.05) is 24.6 Å². The molecule has 0 unspecified atom stereocenters. The molecule has 28 heavy (non-hydrogen) atoms. The van der Waals surface area contributed by atoms with Crippen LogP contribution in [0.3, 0.4) is 0 Å². The Kier molecular flexibility index (Phi) is 5.19. The molecule has 0 aliphatic carbocycles. The van der Waals surface area contributed by atoms with Gasteiger partial charge >= 0.3 is 0 Å². The van der Waals surface area contributed by atoms with Crippen molar-refractivity contribution in [1.82, 2.24) is 4.90 Å². The summed E-state index contributed by atoms with van der Waals surface area (Å²) in [6, 6.07) is 14.8. The quantitative estimate of drug-likeness (QED) is 0.549. The fourth-order valence-corrected chi connectivity index (χ4v) is 3.29. The first-order chi connectivity index (χ1) is 13.7. The number of rotatable bonds is 7. The topological polar surface area (TPSA) is 62.2 Å². The largest absolute Gasteiger partial charge is 0.494 e. The number of amides is 2. The second-order valence-corrected chi connectivity index (χ2v) is 6.64. The van der Waals surface area contributed by atoms with Gasteiger partial charge in [0.25, 0.3) is 11.8 Å². The van der Waals surface area contributed by atoms with Gasteiger partial charge in [-0.1, -0.05) is 12.1 Å². The third-order valence-electron chi connectivity index (χ3n) is 4.78. The third-order valence-corrected chi connectivity index (χ3v) is 4.78. The molecule has 0 bridgehead atoms. The van der Waals surface area contributed by atoms with E-state index in [1.807, 2.05) is 41.4 Å². The molecule has 2 aromatic carbocycles. The van der Waals surface area contributed by atoms with Crippen molar-refractivity contribution in [2.24, 2.45) is 4.99 Å². The number of anilines is 1. The Hall–Kier alpha value is -3.41. The molecule has 2 aliphatic rings. The van der Waals surface area contributed by atoms with Crippen LogP contribution in [0.15, 0.2) is 65.8 Å². The maximum absolute atomic E-state index is 12.3. The van der Waals surface area contributed by atoms with Gasteiger partial charge in [0.05, 0.1) is 17.7 Å². The summed E-state index contributed by atoms with van der Waals surface area (Å²) in [5, 5.41) is 0. The van der Waals surface area contributed by atoms with Crippen LogP contribution in [-0.4, -0.2) is 42.7 Å². The minimum absolute atomic E-state index is 0.201. The molecule has 0 aromatic heterocycles. The average Bonchev–Trinajstić information content (AvgIpc) is 2.99. The molecule has 142 valence electrons. The maximum atomic E-state index is 12.3. The van der Waals surface area contributed by atoms with Gasteiger partial charge in [0.2, 0.25) is 0 Å². The average molecular weight is 375 g/mol. The highest BCUT2D eigenvalue weighted by Gasteiger charge is 2.34. The van der Waals surface area contributed by atoms with E-state index in [0.29, 0.717) is 37.4 Å². The Morgan fingerprint density at radius 2 is 1.64 bits per heavy atom. The van der Waals surface area contributed by atoms with Gasteiger partial charge in [0.15, 0.2) is 0 Å². The van der Waals surface area contributed by atoms with Crippen molar-refractivity contribution in [3.63, 3.8) is 0 Å². The van der Waals surface area contributed by atoms with Crippen molar-refractivity contribution < 1.29 is 14.3 Å². The first-order valence-corrected chi connectivity index (χ1v) is 9.35. The molecule has 4 rings (SSSR count). The molecular weight excluding hydrogens is 354 g/mol. The zero-order valence-corrected chi connectivity index (χ0v) is 15.5. The summed E-state index contributed by atoms with van der Waals surface area (Å²) in [6.45, 7) is 1.57. The number of nitrogens with zero attached hydrogens (tertiary/aromatic N) is 3. The number of hydrogen-bond acceptors (Lipinski definition) is 5. The van der Waals surface area contributed by atoms with Crippen LogP contribution >= 0.6 is 0 Å². The SMILES string of the molecule is O=C1c2ccccc2C(=O)N1CCCCOc1ccc(N2C=CC=NC2)cc1. The van der Waals surface area contributed by atoms with Crippen molar-refractivity contribution in [3.8, 4) is 5.75 Å². The van der Waals surface area contributed by atoms with Crippen molar-refractivity contribution in [1.29, 1.82) is 0 Å². The van der Waals surface area contributed by atoms with Crippen molar-refractivity contribution in [3.05, 3.63) is 71.9 Å². The molecule has 0 saturated carbocycles. The number of imide groups is 1. The Balaban J connectivity index is 1.21. The van der Waals surface area contributed by atoms with E-state index in [1.165, 1.54) is 4.90 Å². The molecule has 2 aromatic rings. The van der Waals surface area contributed by atoms with E-state index >= 15 is 0 Å². The number of unbranched alkanes of at least 4 members (excludes halogenated alkanes) is 1. The van der Waals surface area contributed by atoms with Gasteiger partial charge in [-0.25, -0.2) is 0 Å². The van der Waals surface area contributed by atoms with E-state index in [-0.39, 0.29) is 11.8 Å². The summed E-state index contributed by atoms with van der Waals surface area (Å²) >= 11 is 0. The Morgan fingerprint density at radius 1 is 0.929 bits per heavy atom. The van der Waals surface area contributed by atoms with Crippen LogP contribution in [0.4, 0.5) is 5.69 Å². The highest BCUT2D eigenvalue weighted by Crippen LogP contribution is 2.23. The van der Waals surface area contributed by atoms with Crippen LogP contribution in [0, 0.1) is 0 Å². The maximum Gasteiger partial charge on any atom is 0.261 e. The van der Waals surface area contributed by atoms with Crippen LogP contribution in [0.1, 0.15) is 33.6 Å². The van der Waals surface area contributed by atoms with Gasteiger partial charge < -0.3 is 9.64 Å². The Morgan fingerprint density at radius 3 is 2.29 bits per heavy atom. The normalized spacial score (nSPS) is 15.3. The Labute approximate surface area is 163 Å². The highest BCUT2D eigenvalue weighted by atomic mass is 16.5. The van der Waals surface area contributed by atoms with E-state index in [2.05, 4.69) is 4.99 Å². The lowest BCUT2D eigenvalue weighted by Gasteiger charge is -2.20. The molecule has 2 aliphatic heterocycles. The molecule has 6 heteroatoms. The van der Waals surface area contributed by atoms with E-state index < -0.39 is 0 Å². The number of ether oxygens (including phenoxy) is 1. The molecule has 0 N–H and O–H groups in total. The van der Waals surface area contributed by atoms with Gasteiger partial charge in [-0.3, -0.25) is 19.5 Å². The number of aliphatic imine (C=N–C) groups is 1. The number of benzene rings is 2. The number of carbonyl (C=O) groups is 2. The number of hydrogen-bond donors (Lipinski definition) is 0. The lowest BCUT2D eigenvalue weighted by molar-refractivity contribution is 0.0649. The van der Waals surface area contributed by atoms with E-state index in [4.69, 9.17) is 4.74 Å². The molecule has 0 saturated heterocycles. The predicted molar refractivity (Wildman–Crippen MR) is 108 cm³/mol. The molecule has 0 spiro atoms. The smallest absolute Gasteiger partial charge is 0.261 e. The minimum Gasteiger partial charge on any atom is -0.494 e. The molecule has 2 amide bonds. The number of allylic oxidation sites excluding steroid dienone is 1. The lowest BCUT2D eigenvalue weighted by Crippen LogP contribution is -2.30. The number of carbonyl (C=O) groups excluding carboxylic acids is 2. The first-order valence-electron chi connectivity index (χ1n) is 9.35. The summed E-state index contributed by atoms with van der Waals surface area (Å²) in [4.78, 5) is 32.2. The van der Waals surface area contributed by atoms with Gasteiger partial charge in [-0.05, 0) is 55.3 Å². The predicted octanol–water partition coefficient (Wildman–Crippen LogP) is 3.50. The summed E-state index contributed by atoms with van der Waals surface area (Å²) in [5.74, 6) is 0.398. The monoisotopic (exact) mass is 375 g/mol. The Bertz CT molecular complexity index is 899. The summed E-state index contributed by atoms with van der Waals surface area (Å²) in [7, 11) is 0. The first kappa shape index (κ1) is 18.0. The van der Waals surface area contributed by atoms with Crippen LogP contribution in [0.2, 0.25) is 0 Å². The van der Waals surface area contributed by atoms with Crippen molar-refractivity contribution in [2.75, 3.05) is 24.7 Å². The van der Waals surface area contributed by atoms with Crippen LogP contribution in [0.5, 0.6) is 5.75 Å². The molecule has 0 atom stereocenters. The summed E-state index contributed by atoms with van der Waals surface area (Å²) < 4.78 is 5.77.